The molecule has 0 saturated carbocycles. The van der Waals surface area contributed by atoms with Crippen LogP contribution in [0.25, 0.3) is 0 Å². The molecule has 1 aromatic rings. The van der Waals surface area contributed by atoms with Gasteiger partial charge in [-0.05, 0) is 24.8 Å². The van der Waals surface area contributed by atoms with Crippen molar-refractivity contribution in [3.05, 3.63) is 18.0 Å². The van der Waals surface area contributed by atoms with E-state index >= 15 is 0 Å². The second-order valence-corrected chi connectivity index (χ2v) is 4.85. The molecule has 82 valence electrons. The Morgan fingerprint density at radius 3 is 2.67 bits per heavy atom. The van der Waals surface area contributed by atoms with E-state index in [0.29, 0.717) is 11.3 Å². The van der Waals surface area contributed by atoms with Crippen molar-refractivity contribution in [1.82, 2.24) is 9.97 Å². The Balaban J connectivity index is 2.08. The van der Waals surface area contributed by atoms with Gasteiger partial charge in [0.15, 0.2) is 0 Å². The summed E-state index contributed by atoms with van der Waals surface area (Å²) in [6, 6.07) is 0. The molecule has 1 fully saturated rings. The lowest BCUT2D eigenvalue weighted by Crippen LogP contribution is -2.40. The van der Waals surface area contributed by atoms with Crippen LogP contribution in [0.1, 0.15) is 18.9 Å². The van der Waals surface area contributed by atoms with Gasteiger partial charge in [-0.25, -0.2) is 9.97 Å². The maximum Gasteiger partial charge on any atom is 0.225 e. The van der Waals surface area contributed by atoms with Crippen LogP contribution in [-0.2, 0) is 0 Å². The molecule has 3 nitrogen and oxygen atoms in total. The number of halogens is 1. The Morgan fingerprint density at radius 2 is 2.07 bits per heavy atom. The topological polar surface area (TPSA) is 29.0 Å². The highest BCUT2D eigenvalue weighted by atomic mass is 35.5. The number of piperidine rings is 1. The number of aryl methyl sites for hydroxylation is 1. The summed E-state index contributed by atoms with van der Waals surface area (Å²) in [7, 11) is 0. The highest BCUT2D eigenvalue weighted by Crippen LogP contribution is 2.23. The maximum atomic E-state index is 6.18. The number of hydrogen-bond acceptors (Lipinski definition) is 3. The first kappa shape index (κ1) is 10.7. The lowest BCUT2D eigenvalue weighted by atomic mass is 10.00. The first-order valence-corrected chi connectivity index (χ1v) is 5.78. The van der Waals surface area contributed by atoms with Crippen LogP contribution in [0, 0.1) is 12.8 Å². The molecule has 4 heteroatoms. The third kappa shape index (κ3) is 2.40. The second kappa shape index (κ2) is 4.35. The standard InChI is InChI=1S/C11H16ClN3/c1-8-5-13-11(14-6-8)15-4-3-10(12)9(2)7-15/h5-6,9-10H,3-4,7H2,1-2H3. The zero-order chi connectivity index (χ0) is 10.8. The quantitative estimate of drug-likeness (QED) is 0.687. The van der Waals surface area contributed by atoms with Gasteiger partial charge in [0.05, 0.1) is 0 Å². The molecule has 15 heavy (non-hydrogen) atoms. The second-order valence-electron chi connectivity index (χ2n) is 4.29. The van der Waals surface area contributed by atoms with Crippen LogP contribution in [-0.4, -0.2) is 28.4 Å². The predicted octanol–water partition coefficient (Wildman–Crippen LogP) is 2.24. The smallest absolute Gasteiger partial charge is 0.225 e. The summed E-state index contributed by atoms with van der Waals surface area (Å²) in [4.78, 5) is 10.9. The molecule has 0 N–H and O–H groups in total. The number of nitrogens with zero attached hydrogens (tertiary/aromatic N) is 3. The molecule has 2 unspecified atom stereocenters. The van der Waals surface area contributed by atoms with Crippen molar-refractivity contribution in [3.63, 3.8) is 0 Å². The van der Waals surface area contributed by atoms with Gasteiger partial charge in [-0.2, -0.15) is 0 Å². The highest BCUT2D eigenvalue weighted by molar-refractivity contribution is 6.20. The van der Waals surface area contributed by atoms with E-state index in [2.05, 4.69) is 21.8 Å². The summed E-state index contributed by atoms with van der Waals surface area (Å²) < 4.78 is 0. The minimum Gasteiger partial charge on any atom is -0.340 e. The van der Waals surface area contributed by atoms with E-state index in [1.807, 2.05) is 19.3 Å². The number of aromatic nitrogens is 2. The third-order valence-electron chi connectivity index (χ3n) is 2.85. The molecule has 0 radical (unpaired) electrons. The van der Waals surface area contributed by atoms with E-state index in [1.165, 1.54) is 0 Å². The largest absolute Gasteiger partial charge is 0.340 e. The number of alkyl halides is 1. The van der Waals surface area contributed by atoms with Crippen LogP contribution < -0.4 is 4.90 Å². The van der Waals surface area contributed by atoms with Crippen molar-refractivity contribution < 1.29 is 0 Å². The maximum absolute atomic E-state index is 6.18. The zero-order valence-electron chi connectivity index (χ0n) is 9.15. The van der Waals surface area contributed by atoms with Crippen molar-refractivity contribution in [1.29, 1.82) is 0 Å². The Labute approximate surface area is 95.5 Å². The minimum atomic E-state index is 0.298. The average molecular weight is 226 g/mol. The summed E-state index contributed by atoms with van der Waals surface area (Å²) in [5.74, 6) is 1.33. The SMILES string of the molecule is Cc1cnc(N2CCC(Cl)C(C)C2)nc1. The molecule has 1 aliphatic heterocycles. The zero-order valence-corrected chi connectivity index (χ0v) is 9.91. The normalized spacial score (nSPS) is 26.7. The van der Waals surface area contributed by atoms with Crippen LogP contribution in [0.2, 0.25) is 0 Å². The lowest BCUT2D eigenvalue weighted by Gasteiger charge is -2.33. The molecule has 1 aliphatic rings. The molecular formula is C11H16ClN3. The molecule has 0 spiro atoms. The minimum absolute atomic E-state index is 0.298. The van der Waals surface area contributed by atoms with Crippen molar-refractivity contribution in [3.8, 4) is 0 Å². The molecule has 0 aliphatic carbocycles. The molecule has 0 aromatic carbocycles. The van der Waals surface area contributed by atoms with Crippen LogP contribution >= 0.6 is 11.6 Å². The average Bonchev–Trinajstić information content (AvgIpc) is 2.23. The molecule has 0 bridgehead atoms. The number of hydrogen-bond donors (Lipinski definition) is 0. The fourth-order valence-electron chi connectivity index (χ4n) is 1.85. The van der Waals surface area contributed by atoms with E-state index in [0.717, 1.165) is 31.0 Å². The van der Waals surface area contributed by atoms with Crippen LogP contribution in [0.3, 0.4) is 0 Å². The predicted molar refractivity (Wildman–Crippen MR) is 62.4 cm³/mol. The van der Waals surface area contributed by atoms with Gasteiger partial charge in [0, 0.05) is 30.9 Å². The van der Waals surface area contributed by atoms with Crippen molar-refractivity contribution >= 4 is 17.5 Å². The first-order chi connectivity index (χ1) is 7.16. The van der Waals surface area contributed by atoms with Crippen LogP contribution in [0.15, 0.2) is 12.4 Å². The fourth-order valence-corrected chi connectivity index (χ4v) is 2.02. The van der Waals surface area contributed by atoms with E-state index < -0.39 is 0 Å². The Bertz CT molecular complexity index is 325. The number of anilines is 1. The molecular weight excluding hydrogens is 210 g/mol. The van der Waals surface area contributed by atoms with Gasteiger partial charge in [-0.15, -0.1) is 11.6 Å². The summed E-state index contributed by atoms with van der Waals surface area (Å²) in [6.07, 6.45) is 4.74. The fraction of sp³-hybridized carbons (Fsp3) is 0.636. The van der Waals surface area contributed by atoms with Gasteiger partial charge in [0.25, 0.3) is 0 Å². The Hall–Kier alpha value is -0.830. The summed E-state index contributed by atoms with van der Waals surface area (Å²) in [5, 5.41) is 0.298. The van der Waals surface area contributed by atoms with Crippen molar-refractivity contribution in [2.75, 3.05) is 18.0 Å². The van der Waals surface area contributed by atoms with Crippen molar-refractivity contribution in [2.24, 2.45) is 5.92 Å². The van der Waals surface area contributed by atoms with E-state index in [1.54, 1.807) is 0 Å². The lowest BCUT2D eigenvalue weighted by molar-refractivity contribution is 0.449. The Kier molecular flexibility index (Phi) is 3.10. The van der Waals surface area contributed by atoms with Crippen LogP contribution in [0.4, 0.5) is 5.95 Å². The van der Waals surface area contributed by atoms with E-state index in [4.69, 9.17) is 11.6 Å². The van der Waals surface area contributed by atoms with E-state index in [-0.39, 0.29) is 0 Å². The summed E-state index contributed by atoms with van der Waals surface area (Å²) >= 11 is 6.18. The van der Waals surface area contributed by atoms with Gasteiger partial charge in [0.1, 0.15) is 0 Å². The number of rotatable bonds is 1. The molecule has 1 aromatic heterocycles. The third-order valence-corrected chi connectivity index (χ3v) is 3.50. The Morgan fingerprint density at radius 1 is 1.40 bits per heavy atom. The molecule has 2 rings (SSSR count). The van der Waals surface area contributed by atoms with E-state index in [9.17, 15) is 0 Å². The monoisotopic (exact) mass is 225 g/mol. The van der Waals surface area contributed by atoms with Gasteiger partial charge in [-0.1, -0.05) is 6.92 Å². The van der Waals surface area contributed by atoms with Gasteiger partial charge in [-0.3, -0.25) is 0 Å². The van der Waals surface area contributed by atoms with Crippen molar-refractivity contribution in [2.45, 2.75) is 25.6 Å². The van der Waals surface area contributed by atoms with Gasteiger partial charge < -0.3 is 4.90 Å². The molecule has 0 amide bonds. The molecule has 2 atom stereocenters. The summed E-state index contributed by atoms with van der Waals surface area (Å²) in [6.45, 7) is 6.09. The molecule has 2 heterocycles. The highest BCUT2D eigenvalue weighted by Gasteiger charge is 2.25. The van der Waals surface area contributed by atoms with Gasteiger partial charge in [0.2, 0.25) is 5.95 Å². The van der Waals surface area contributed by atoms with Crippen LogP contribution in [0.5, 0.6) is 0 Å². The summed E-state index contributed by atoms with van der Waals surface area (Å²) in [5.41, 5.74) is 1.10. The van der Waals surface area contributed by atoms with Gasteiger partial charge >= 0.3 is 0 Å². The first-order valence-electron chi connectivity index (χ1n) is 5.34. The molecule has 1 saturated heterocycles.